The minimum atomic E-state index is -0.762. The zero-order valence-electron chi connectivity index (χ0n) is 15.9. The van der Waals surface area contributed by atoms with Gasteiger partial charge in [0.15, 0.2) is 6.29 Å². The van der Waals surface area contributed by atoms with Gasteiger partial charge in [0, 0.05) is 11.3 Å². The van der Waals surface area contributed by atoms with E-state index >= 15 is 0 Å². The van der Waals surface area contributed by atoms with E-state index in [1.165, 1.54) is 0 Å². The summed E-state index contributed by atoms with van der Waals surface area (Å²) in [4.78, 5) is 12.7. The van der Waals surface area contributed by atoms with Crippen molar-refractivity contribution < 1.29 is 23.7 Å². The fourth-order valence-corrected chi connectivity index (χ4v) is 2.78. The normalized spacial score (nSPS) is 22.1. The van der Waals surface area contributed by atoms with E-state index in [9.17, 15) is 4.79 Å². The summed E-state index contributed by atoms with van der Waals surface area (Å²) in [5, 5.41) is 2.92. The second-order valence-electron chi connectivity index (χ2n) is 6.70. The molecule has 0 unspecified atom stereocenters. The van der Waals surface area contributed by atoms with Crippen LogP contribution in [0.5, 0.6) is 11.5 Å². The molecule has 0 atom stereocenters. The van der Waals surface area contributed by atoms with Crippen molar-refractivity contribution in [2.24, 2.45) is 5.41 Å². The average Bonchev–Trinajstić information content (AvgIpc) is 2.70. The molecule has 1 saturated heterocycles. The summed E-state index contributed by atoms with van der Waals surface area (Å²) in [5.74, 6) is 1.40. The van der Waals surface area contributed by atoms with Crippen LogP contribution in [0, 0.1) is 5.41 Å². The smallest absolute Gasteiger partial charge is 0.234 e. The number of carbonyl (C=O) groups is 1. The second-order valence-corrected chi connectivity index (χ2v) is 6.70. The van der Waals surface area contributed by atoms with Gasteiger partial charge in [-0.2, -0.15) is 0 Å². The molecule has 3 rings (SSSR count). The molecule has 1 aliphatic heterocycles. The highest BCUT2D eigenvalue weighted by Crippen LogP contribution is 2.33. The van der Waals surface area contributed by atoms with Gasteiger partial charge in [0.25, 0.3) is 0 Å². The summed E-state index contributed by atoms with van der Waals surface area (Å²) in [6.45, 7) is 4.91. The van der Waals surface area contributed by atoms with Crippen molar-refractivity contribution >= 4 is 11.6 Å². The first-order chi connectivity index (χ1) is 13.0. The maximum Gasteiger partial charge on any atom is 0.234 e. The average molecular weight is 371 g/mol. The first-order valence-corrected chi connectivity index (χ1v) is 8.95. The molecule has 144 valence electrons. The molecule has 6 heteroatoms. The molecule has 0 aromatic heterocycles. The standard InChI is InChI=1S/C21H25NO5/c1-4-25-18-11-7-16(8-12-18)22-20(23)21(2)13-26-19(27-14-21)15-5-9-17(24-3)10-6-15/h5-12,19H,4,13-14H2,1-3H3,(H,22,23). The van der Waals surface area contributed by atoms with Crippen molar-refractivity contribution in [2.75, 3.05) is 32.2 Å². The lowest BCUT2D eigenvalue weighted by atomic mass is 9.90. The number of rotatable bonds is 6. The number of methoxy groups -OCH3 is 1. The van der Waals surface area contributed by atoms with Crippen molar-refractivity contribution in [3.63, 3.8) is 0 Å². The Hall–Kier alpha value is -2.57. The molecular weight excluding hydrogens is 346 g/mol. The van der Waals surface area contributed by atoms with Crippen LogP contribution < -0.4 is 14.8 Å². The maximum absolute atomic E-state index is 12.7. The van der Waals surface area contributed by atoms with Crippen molar-refractivity contribution in [1.82, 2.24) is 0 Å². The fraction of sp³-hybridized carbons (Fsp3) is 0.381. The molecule has 1 fully saturated rings. The summed E-state index contributed by atoms with van der Waals surface area (Å²) in [5.41, 5.74) is 0.841. The lowest BCUT2D eigenvalue weighted by Gasteiger charge is -2.36. The number of carbonyl (C=O) groups excluding carboxylic acids is 1. The zero-order chi connectivity index (χ0) is 19.3. The van der Waals surface area contributed by atoms with Crippen LogP contribution in [0.2, 0.25) is 0 Å². The Morgan fingerprint density at radius 1 is 1.07 bits per heavy atom. The monoisotopic (exact) mass is 371 g/mol. The highest BCUT2D eigenvalue weighted by Gasteiger charge is 2.39. The Balaban J connectivity index is 1.58. The summed E-state index contributed by atoms with van der Waals surface area (Å²) in [6.07, 6.45) is -0.484. The van der Waals surface area contributed by atoms with Crippen LogP contribution in [0.25, 0.3) is 0 Å². The van der Waals surface area contributed by atoms with E-state index in [-0.39, 0.29) is 19.1 Å². The summed E-state index contributed by atoms with van der Waals surface area (Å²) in [7, 11) is 1.62. The van der Waals surface area contributed by atoms with Crippen LogP contribution in [0.4, 0.5) is 5.69 Å². The molecule has 1 heterocycles. The summed E-state index contributed by atoms with van der Waals surface area (Å²) < 4.78 is 22.2. The van der Waals surface area contributed by atoms with Gasteiger partial charge >= 0.3 is 0 Å². The summed E-state index contributed by atoms with van der Waals surface area (Å²) >= 11 is 0. The second kappa shape index (κ2) is 8.41. The van der Waals surface area contributed by atoms with E-state index < -0.39 is 11.7 Å². The molecule has 0 saturated carbocycles. The highest BCUT2D eigenvalue weighted by atomic mass is 16.7. The Labute approximate surface area is 159 Å². The first-order valence-electron chi connectivity index (χ1n) is 8.95. The van der Waals surface area contributed by atoms with Crippen LogP contribution in [0.3, 0.4) is 0 Å². The van der Waals surface area contributed by atoms with E-state index in [0.717, 1.165) is 17.1 Å². The fourth-order valence-electron chi connectivity index (χ4n) is 2.78. The molecule has 1 N–H and O–H groups in total. The molecule has 1 amide bonds. The van der Waals surface area contributed by atoms with Gasteiger partial charge in [-0.05, 0) is 50.2 Å². The molecule has 0 spiro atoms. The molecular formula is C21H25NO5. The quantitative estimate of drug-likeness (QED) is 0.837. The van der Waals surface area contributed by atoms with Crippen LogP contribution in [0.1, 0.15) is 25.7 Å². The maximum atomic E-state index is 12.7. The van der Waals surface area contributed by atoms with Crippen LogP contribution in [-0.4, -0.2) is 32.8 Å². The van der Waals surface area contributed by atoms with Crippen molar-refractivity contribution in [1.29, 1.82) is 0 Å². The summed E-state index contributed by atoms with van der Waals surface area (Å²) in [6, 6.07) is 14.8. The van der Waals surface area contributed by atoms with Crippen LogP contribution in [-0.2, 0) is 14.3 Å². The predicted octanol–water partition coefficient (Wildman–Crippen LogP) is 3.78. The van der Waals surface area contributed by atoms with Crippen LogP contribution >= 0.6 is 0 Å². The Kier molecular flexibility index (Phi) is 5.98. The highest BCUT2D eigenvalue weighted by molar-refractivity contribution is 5.95. The van der Waals surface area contributed by atoms with Crippen LogP contribution in [0.15, 0.2) is 48.5 Å². The molecule has 6 nitrogen and oxygen atoms in total. The van der Waals surface area contributed by atoms with Gasteiger partial charge in [0.2, 0.25) is 5.91 Å². The Morgan fingerprint density at radius 3 is 2.22 bits per heavy atom. The predicted molar refractivity (Wildman–Crippen MR) is 102 cm³/mol. The molecule has 1 aliphatic rings. The van der Waals surface area contributed by atoms with E-state index in [1.54, 1.807) is 7.11 Å². The number of hydrogen-bond donors (Lipinski definition) is 1. The molecule has 2 aromatic rings. The van der Waals surface area contributed by atoms with Gasteiger partial charge in [-0.25, -0.2) is 0 Å². The number of amides is 1. The van der Waals surface area contributed by atoms with Gasteiger partial charge in [-0.3, -0.25) is 4.79 Å². The van der Waals surface area contributed by atoms with Crippen molar-refractivity contribution in [3.8, 4) is 11.5 Å². The van der Waals surface area contributed by atoms with Gasteiger partial charge in [-0.15, -0.1) is 0 Å². The Bertz CT molecular complexity index is 749. The molecule has 0 aliphatic carbocycles. The molecule has 0 radical (unpaired) electrons. The molecule has 2 aromatic carbocycles. The largest absolute Gasteiger partial charge is 0.497 e. The lowest BCUT2D eigenvalue weighted by Crippen LogP contribution is -2.45. The number of benzene rings is 2. The van der Waals surface area contributed by atoms with Gasteiger partial charge in [0.05, 0.1) is 32.3 Å². The third kappa shape index (κ3) is 4.59. The van der Waals surface area contributed by atoms with Crippen molar-refractivity contribution in [2.45, 2.75) is 20.1 Å². The Morgan fingerprint density at radius 2 is 1.67 bits per heavy atom. The first kappa shape index (κ1) is 19.2. The van der Waals surface area contributed by atoms with Gasteiger partial charge in [0.1, 0.15) is 11.5 Å². The third-order valence-electron chi connectivity index (χ3n) is 4.47. The molecule has 0 bridgehead atoms. The number of anilines is 1. The number of ether oxygens (including phenoxy) is 4. The van der Waals surface area contributed by atoms with E-state index in [0.29, 0.717) is 12.3 Å². The van der Waals surface area contributed by atoms with E-state index in [4.69, 9.17) is 18.9 Å². The molecule has 27 heavy (non-hydrogen) atoms. The van der Waals surface area contributed by atoms with Gasteiger partial charge < -0.3 is 24.3 Å². The topological polar surface area (TPSA) is 66.0 Å². The number of hydrogen-bond acceptors (Lipinski definition) is 5. The minimum Gasteiger partial charge on any atom is -0.497 e. The SMILES string of the molecule is CCOc1ccc(NC(=O)C2(C)COC(c3ccc(OC)cc3)OC2)cc1. The number of nitrogens with one attached hydrogen (secondary N) is 1. The van der Waals surface area contributed by atoms with E-state index in [2.05, 4.69) is 5.32 Å². The zero-order valence-corrected chi connectivity index (χ0v) is 15.9. The van der Waals surface area contributed by atoms with Gasteiger partial charge in [-0.1, -0.05) is 12.1 Å². The minimum absolute atomic E-state index is 0.139. The third-order valence-corrected chi connectivity index (χ3v) is 4.47. The van der Waals surface area contributed by atoms with Crippen molar-refractivity contribution in [3.05, 3.63) is 54.1 Å². The van der Waals surface area contributed by atoms with E-state index in [1.807, 2.05) is 62.4 Å². The lowest BCUT2D eigenvalue weighted by molar-refractivity contribution is -0.226.